The summed E-state index contributed by atoms with van der Waals surface area (Å²) in [6, 6.07) is 0. The summed E-state index contributed by atoms with van der Waals surface area (Å²) >= 11 is 4.65. The number of nitrogens with two attached hydrogens (primary N) is 1. The van der Waals surface area contributed by atoms with E-state index >= 15 is 0 Å². The van der Waals surface area contributed by atoms with E-state index in [-0.39, 0.29) is 0 Å². The molecular formula is C8H16N2O3S2. The highest BCUT2D eigenvalue weighted by atomic mass is 32.2. The van der Waals surface area contributed by atoms with Crippen molar-refractivity contribution in [2.45, 2.75) is 25.0 Å². The predicted molar refractivity (Wildman–Crippen MR) is 63.3 cm³/mol. The first-order valence-corrected chi connectivity index (χ1v) is 6.86. The van der Waals surface area contributed by atoms with Gasteiger partial charge in [0.05, 0.1) is 4.99 Å². The Hall–Kier alpha value is -0.690. The summed E-state index contributed by atoms with van der Waals surface area (Å²) in [7, 11) is -3.32. The van der Waals surface area contributed by atoms with Crippen LogP contribution in [0, 0.1) is 0 Å². The van der Waals surface area contributed by atoms with Gasteiger partial charge in [0.15, 0.2) is 9.84 Å². The van der Waals surface area contributed by atoms with Gasteiger partial charge >= 0.3 is 0 Å². The monoisotopic (exact) mass is 252 g/mol. The zero-order chi connectivity index (χ0) is 12.1. The molecule has 0 radical (unpaired) electrons. The molecule has 7 heteroatoms. The van der Waals surface area contributed by atoms with Crippen molar-refractivity contribution in [1.82, 2.24) is 5.32 Å². The molecule has 0 rings (SSSR count). The van der Waals surface area contributed by atoms with Crippen LogP contribution in [0.4, 0.5) is 0 Å². The van der Waals surface area contributed by atoms with Gasteiger partial charge in [-0.2, -0.15) is 0 Å². The van der Waals surface area contributed by atoms with Crippen LogP contribution in [-0.4, -0.2) is 37.4 Å². The van der Waals surface area contributed by atoms with Crippen molar-refractivity contribution >= 4 is 33.0 Å². The fourth-order valence-electron chi connectivity index (χ4n) is 0.812. The van der Waals surface area contributed by atoms with Gasteiger partial charge in [0.25, 0.3) is 0 Å². The maximum atomic E-state index is 11.3. The lowest BCUT2D eigenvalue weighted by molar-refractivity contribution is -0.120. The van der Waals surface area contributed by atoms with Crippen molar-refractivity contribution in [3.8, 4) is 0 Å². The van der Waals surface area contributed by atoms with E-state index in [4.69, 9.17) is 5.73 Å². The first kappa shape index (κ1) is 14.3. The van der Waals surface area contributed by atoms with Gasteiger partial charge in [-0.3, -0.25) is 4.79 Å². The zero-order valence-electron chi connectivity index (χ0n) is 8.82. The molecule has 0 fully saturated rings. The fourth-order valence-corrected chi connectivity index (χ4v) is 1.43. The van der Waals surface area contributed by atoms with Gasteiger partial charge in [-0.25, -0.2) is 8.42 Å². The summed E-state index contributed by atoms with van der Waals surface area (Å²) in [6.07, 6.45) is 2.20. The standard InChI is InChI=1S/C8H16N2O3S2/c1-6(15(2,12)13)8(11)10-5-3-4-7(9)14/h6H,3-5H2,1-2H3,(H2,9,14)(H,10,11). The highest BCUT2D eigenvalue weighted by Crippen LogP contribution is 1.97. The highest BCUT2D eigenvalue weighted by Gasteiger charge is 2.22. The van der Waals surface area contributed by atoms with E-state index in [1.165, 1.54) is 6.92 Å². The largest absolute Gasteiger partial charge is 0.393 e. The molecule has 3 N–H and O–H groups in total. The second kappa shape index (κ2) is 6.02. The van der Waals surface area contributed by atoms with E-state index in [2.05, 4.69) is 17.5 Å². The van der Waals surface area contributed by atoms with Crippen LogP contribution in [0.5, 0.6) is 0 Å². The molecule has 15 heavy (non-hydrogen) atoms. The molecule has 0 aliphatic rings. The molecule has 0 bridgehead atoms. The van der Waals surface area contributed by atoms with Crippen LogP contribution in [0.25, 0.3) is 0 Å². The minimum Gasteiger partial charge on any atom is -0.393 e. The Kier molecular flexibility index (Phi) is 5.74. The number of nitrogens with one attached hydrogen (secondary N) is 1. The Morgan fingerprint density at radius 3 is 2.47 bits per heavy atom. The zero-order valence-corrected chi connectivity index (χ0v) is 10.5. The summed E-state index contributed by atoms with van der Waals surface area (Å²) in [5.41, 5.74) is 5.26. The molecule has 1 atom stereocenters. The van der Waals surface area contributed by atoms with Crippen LogP contribution in [0.3, 0.4) is 0 Å². The first-order chi connectivity index (χ1) is 6.75. The summed E-state index contributed by atoms with van der Waals surface area (Å²) in [5.74, 6) is -0.486. The molecule has 1 amide bonds. The molecule has 0 aliphatic carbocycles. The number of hydrogen-bond acceptors (Lipinski definition) is 4. The maximum Gasteiger partial charge on any atom is 0.238 e. The molecule has 88 valence electrons. The van der Waals surface area contributed by atoms with Gasteiger partial charge in [-0.15, -0.1) is 0 Å². The molecule has 0 saturated carbocycles. The van der Waals surface area contributed by atoms with Crippen LogP contribution in [0.15, 0.2) is 0 Å². The van der Waals surface area contributed by atoms with Crippen molar-refractivity contribution in [3.05, 3.63) is 0 Å². The molecule has 5 nitrogen and oxygen atoms in total. The van der Waals surface area contributed by atoms with E-state index in [1.807, 2.05) is 0 Å². The Labute approximate surface area is 95.3 Å². The van der Waals surface area contributed by atoms with Crippen molar-refractivity contribution in [2.75, 3.05) is 12.8 Å². The van der Waals surface area contributed by atoms with E-state index < -0.39 is 21.0 Å². The van der Waals surface area contributed by atoms with Gasteiger partial charge in [0, 0.05) is 12.8 Å². The molecule has 0 spiro atoms. The van der Waals surface area contributed by atoms with Crippen LogP contribution in [-0.2, 0) is 14.6 Å². The quantitative estimate of drug-likeness (QED) is 0.496. The smallest absolute Gasteiger partial charge is 0.238 e. The van der Waals surface area contributed by atoms with Crippen LogP contribution in [0.2, 0.25) is 0 Å². The van der Waals surface area contributed by atoms with Gasteiger partial charge in [0.1, 0.15) is 5.25 Å². The van der Waals surface area contributed by atoms with Crippen molar-refractivity contribution in [2.24, 2.45) is 5.73 Å². The average molecular weight is 252 g/mol. The molecule has 0 aromatic heterocycles. The van der Waals surface area contributed by atoms with Gasteiger partial charge in [-0.1, -0.05) is 12.2 Å². The fraction of sp³-hybridized carbons (Fsp3) is 0.750. The second-order valence-corrected chi connectivity index (χ2v) is 6.22. The van der Waals surface area contributed by atoms with Gasteiger partial charge in [0.2, 0.25) is 5.91 Å². The SMILES string of the molecule is CC(C(=O)NCCCC(N)=S)S(C)(=O)=O. The lowest BCUT2D eigenvalue weighted by atomic mass is 10.3. The Morgan fingerprint density at radius 2 is 2.07 bits per heavy atom. The highest BCUT2D eigenvalue weighted by molar-refractivity contribution is 7.92. The van der Waals surface area contributed by atoms with Crippen molar-refractivity contribution in [1.29, 1.82) is 0 Å². The molecule has 1 unspecified atom stereocenters. The summed E-state index contributed by atoms with van der Waals surface area (Å²) in [4.78, 5) is 11.7. The molecule has 0 aromatic carbocycles. The minimum atomic E-state index is -3.32. The third kappa shape index (κ3) is 6.40. The van der Waals surface area contributed by atoms with Gasteiger partial charge in [-0.05, 0) is 19.8 Å². The lowest BCUT2D eigenvalue weighted by Crippen LogP contribution is -2.38. The Morgan fingerprint density at radius 1 is 1.53 bits per heavy atom. The summed E-state index contributed by atoms with van der Waals surface area (Å²) < 4.78 is 22.0. The summed E-state index contributed by atoms with van der Waals surface area (Å²) in [6.45, 7) is 1.74. The topological polar surface area (TPSA) is 89.3 Å². The Bertz CT molecular complexity index is 338. The average Bonchev–Trinajstić information content (AvgIpc) is 2.09. The Balaban J connectivity index is 3.90. The van der Waals surface area contributed by atoms with Crippen LogP contribution >= 0.6 is 12.2 Å². The van der Waals surface area contributed by atoms with Crippen molar-refractivity contribution < 1.29 is 13.2 Å². The van der Waals surface area contributed by atoms with E-state index in [1.54, 1.807) is 0 Å². The molecule has 0 aromatic rings. The summed E-state index contributed by atoms with van der Waals surface area (Å²) in [5, 5.41) is 1.50. The normalized spacial score (nSPS) is 13.2. The van der Waals surface area contributed by atoms with Crippen LogP contribution in [0.1, 0.15) is 19.8 Å². The first-order valence-electron chi connectivity index (χ1n) is 4.50. The number of rotatable bonds is 6. The number of sulfone groups is 1. The van der Waals surface area contributed by atoms with E-state index in [0.29, 0.717) is 24.4 Å². The number of carbonyl (C=O) groups is 1. The number of hydrogen-bond donors (Lipinski definition) is 2. The van der Waals surface area contributed by atoms with Crippen molar-refractivity contribution in [3.63, 3.8) is 0 Å². The lowest BCUT2D eigenvalue weighted by Gasteiger charge is -2.09. The maximum absolute atomic E-state index is 11.3. The number of thiocarbonyl (C=S) groups is 1. The van der Waals surface area contributed by atoms with E-state index in [9.17, 15) is 13.2 Å². The number of carbonyl (C=O) groups excluding carboxylic acids is 1. The molecular weight excluding hydrogens is 236 g/mol. The third-order valence-corrected chi connectivity index (χ3v) is 3.61. The molecule has 0 saturated heterocycles. The molecule has 0 aliphatic heterocycles. The second-order valence-electron chi connectivity index (χ2n) is 3.33. The van der Waals surface area contributed by atoms with E-state index in [0.717, 1.165) is 6.26 Å². The molecule has 0 heterocycles. The van der Waals surface area contributed by atoms with Crippen LogP contribution < -0.4 is 11.1 Å². The third-order valence-electron chi connectivity index (χ3n) is 1.91. The predicted octanol–water partition coefficient (Wildman–Crippen LogP) is -0.398. The van der Waals surface area contributed by atoms with Gasteiger partial charge < -0.3 is 11.1 Å². The number of amides is 1. The minimum absolute atomic E-state index is 0.385.